The number of nitrogens with zero attached hydrogens (tertiary/aromatic N) is 1. The van der Waals surface area contributed by atoms with Gasteiger partial charge in [-0.25, -0.2) is 0 Å². The van der Waals surface area contributed by atoms with Gasteiger partial charge in [-0.05, 0) is 42.8 Å². The van der Waals surface area contributed by atoms with E-state index in [0.717, 1.165) is 25.9 Å². The van der Waals surface area contributed by atoms with E-state index in [-0.39, 0.29) is 5.41 Å². The van der Waals surface area contributed by atoms with Crippen LogP contribution in [0.4, 0.5) is 0 Å². The minimum atomic E-state index is -0.149. The third-order valence-corrected chi connectivity index (χ3v) is 4.91. The van der Waals surface area contributed by atoms with Gasteiger partial charge in [-0.3, -0.25) is 10.3 Å². The Morgan fingerprint density at radius 1 is 1.56 bits per heavy atom. The minimum Gasteiger partial charge on any atom is -0.387 e. The zero-order chi connectivity index (χ0) is 13.2. The monoisotopic (exact) mass is 265 g/mol. The lowest BCUT2D eigenvalue weighted by Crippen LogP contribution is -2.34. The summed E-state index contributed by atoms with van der Waals surface area (Å²) < 4.78 is 0. The maximum absolute atomic E-state index is 7.56. The van der Waals surface area contributed by atoms with Gasteiger partial charge in [0.25, 0.3) is 0 Å². The van der Waals surface area contributed by atoms with Gasteiger partial charge >= 0.3 is 0 Å². The number of hydrogen-bond donors (Lipinski definition) is 2. The number of thiophene rings is 1. The summed E-state index contributed by atoms with van der Waals surface area (Å²) >= 11 is 1.89. The molecule has 0 saturated carbocycles. The molecule has 2 heterocycles. The fraction of sp³-hybridized carbons (Fsp3) is 0.643. The predicted octanol–water partition coefficient (Wildman–Crippen LogP) is 2.85. The molecule has 2 rings (SSSR count). The van der Waals surface area contributed by atoms with Crippen molar-refractivity contribution in [2.75, 3.05) is 13.1 Å². The van der Waals surface area contributed by atoms with E-state index in [9.17, 15) is 0 Å². The molecule has 0 aliphatic carbocycles. The van der Waals surface area contributed by atoms with E-state index in [1.807, 2.05) is 11.3 Å². The van der Waals surface area contributed by atoms with Crippen LogP contribution in [0.25, 0.3) is 0 Å². The van der Waals surface area contributed by atoms with E-state index in [0.29, 0.717) is 5.84 Å². The van der Waals surface area contributed by atoms with Crippen LogP contribution < -0.4 is 5.73 Å². The summed E-state index contributed by atoms with van der Waals surface area (Å²) in [6, 6.07) is 2.26. The highest BCUT2D eigenvalue weighted by molar-refractivity contribution is 7.10. The number of amidine groups is 1. The second-order valence-corrected chi connectivity index (χ2v) is 6.80. The van der Waals surface area contributed by atoms with Crippen molar-refractivity contribution in [1.29, 1.82) is 5.41 Å². The van der Waals surface area contributed by atoms with Crippen LogP contribution in [-0.2, 0) is 13.0 Å². The van der Waals surface area contributed by atoms with Crippen molar-refractivity contribution in [3.05, 3.63) is 21.9 Å². The van der Waals surface area contributed by atoms with Crippen molar-refractivity contribution < 1.29 is 0 Å². The smallest absolute Gasteiger partial charge is 0.0963 e. The van der Waals surface area contributed by atoms with Crippen molar-refractivity contribution in [2.45, 2.75) is 39.7 Å². The average Bonchev–Trinajstić information content (AvgIpc) is 2.75. The Morgan fingerprint density at radius 2 is 2.33 bits per heavy atom. The Hall–Kier alpha value is -0.870. The van der Waals surface area contributed by atoms with Gasteiger partial charge in [-0.2, -0.15) is 0 Å². The molecule has 0 atom stereocenters. The molecule has 3 nitrogen and oxygen atoms in total. The quantitative estimate of drug-likeness (QED) is 0.635. The van der Waals surface area contributed by atoms with Gasteiger partial charge in [0.15, 0.2) is 0 Å². The first-order valence-electron chi connectivity index (χ1n) is 6.61. The summed E-state index contributed by atoms with van der Waals surface area (Å²) in [6.45, 7) is 7.50. The molecule has 0 fully saturated rings. The molecule has 0 saturated heterocycles. The lowest BCUT2D eigenvalue weighted by Gasteiger charge is -2.29. The molecule has 0 aromatic carbocycles. The minimum absolute atomic E-state index is 0.149. The topological polar surface area (TPSA) is 53.1 Å². The van der Waals surface area contributed by atoms with Crippen molar-refractivity contribution in [3.8, 4) is 0 Å². The van der Waals surface area contributed by atoms with Crippen molar-refractivity contribution in [3.63, 3.8) is 0 Å². The molecule has 1 aliphatic rings. The molecule has 1 aromatic rings. The van der Waals surface area contributed by atoms with Crippen LogP contribution in [-0.4, -0.2) is 23.8 Å². The van der Waals surface area contributed by atoms with Gasteiger partial charge in [-0.1, -0.05) is 13.8 Å². The summed E-state index contributed by atoms with van der Waals surface area (Å²) in [4.78, 5) is 4.08. The Kier molecular flexibility index (Phi) is 4.07. The zero-order valence-corrected chi connectivity index (χ0v) is 12.1. The standard InChI is InChI=1S/C14H23N3S/c1-14(2,13(15)16)6-3-7-17-8-4-12-11(10-17)5-9-18-12/h5,9H,3-4,6-8,10H2,1-2H3,(H3,15,16). The van der Waals surface area contributed by atoms with E-state index >= 15 is 0 Å². The molecule has 18 heavy (non-hydrogen) atoms. The highest BCUT2D eigenvalue weighted by Crippen LogP contribution is 2.26. The number of nitrogens with one attached hydrogen (secondary N) is 1. The molecular weight excluding hydrogens is 242 g/mol. The molecule has 0 bridgehead atoms. The van der Waals surface area contributed by atoms with Crippen LogP contribution in [0.2, 0.25) is 0 Å². The molecule has 1 aliphatic heterocycles. The van der Waals surface area contributed by atoms with E-state index in [4.69, 9.17) is 11.1 Å². The first-order chi connectivity index (χ1) is 8.49. The maximum Gasteiger partial charge on any atom is 0.0963 e. The lowest BCUT2D eigenvalue weighted by atomic mass is 9.86. The van der Waals surface area contributed by atoms with Crippen molar-refractivity contribution in [1.82, 2.24) is 4.90 Å². The van der Waals surface area contributed by atoms with E-state index < -0.39 is 0 Å². The molecule has 0 amide bonds. The van der Waals surface area contributed by atoms with Crippen LogP contribution in [0.15, 0.2) is 11.4 Å². The molecule has 1 aromatic heterocycles. The fourth-order valence-corrected chi connectivity index (χ4v) is 3.27. The molecule has 4 heteroatoms. The van der Waals surface area contributed by atoms with Gasteiger partial charge in [0.05, 0.1) is 5.84 Å². The number of rotatable bonds is 5. The van der Waals surface area contributed by atoms with Crippen LogP contribution in [0.1, 0.15) is 37.1 Å². The highest BCUT2D eigenvalue weighted by atomic mass is 32.1. The SMILES string of the molecule is CC(C)(CCCN1CCc2sccc2C1)C(=N)N. The van der Waals surface area contributed by atoms with Crippen LogP contribution >= 0.6 is 11.3 Å². The largest absolute Gasteiger partial charge is 0.387 e. The first-order valence-corrected chi connectivity index (χ1v) is 7.49. The van der Waals surface area contributed by atoms with Gasteiger partial charge in [0.2, 0.25) is 0 Å². The van der Waals surface area contributed by atoms with Crippen molar-refractivity contribution in [2.24, 2.45) is 11.1 Å². The predicted molar refractivity (Wildman–Crippen MR) is 78.2 cm³/mol. The van der Waals surface area contributed by atoms with Gasteiger partial charge in [0, 0.05) is 23.4 Å². The normalized spacial score (nSPS) is 16.6. The second-order valence-electron chi connectivity index (χ2n) is 5.80. The molecule has 0 radical (unpaired) electrons. The Bertz CT molecular complexity index is 422. The Morgan fingerprint density at radius 3 is 3.06 bits per heavy atom. The van der Waals surface area contributed by atoms with Crippen LogP contribution in [0.3, 0.4) is 0 Å². The van der Waals surface area contributed by atoms with Crippen molar-refractivity contribution >= 4 is 17.2 Å². The number of hydrogen-bond acceptors (Lipinski definition) is 3. The third-order valence-electron chi connectivity index (χ3n) is 3.89. The second kappa shape index (κ2) is 5.41. The molecular formula is C14H23N3S. The van der Waals surface area contributed by atoms with Gasteiger partial charge in [0.1, 0.15) is 0 Å². The van der Waals surface area contributed by atoms with Crippen LogP contribution in [0, 0.1) is 10.8 Å². The number of fused-ring (bicyclic) bond motifs is 1. The molecule has 0 unspecified atom stereocenters. The summed E-state index contributed by atoms with van der Waals surface area (Å²) in [5.74, 6) is 0.307. The van der Waals surface area contributed by atoms with Gasteiger partial charge < -0.3 is 5.73 Å². The summed E-state index contributed by atoms with van der Waals surface area (Å²) in [7, 11) is 0. The third kappa shape index (κ3) is 3.12. The fourth-order valence-electron chi connectivity index (χ4n) is 2.38. The average molecular weight is 265 g/mol. The summed E-state index contributed by atoms with van der Waals surface area (Å²) in [5, 5.41) is 9.76. The number of nitrogens with two attached hydrogens (primary N) is 1. The molecule has 100 valence electrons. The summed E-state index contributed by atoms with van der Waals surface area (Å²) in [5.41, 5.74) is 6.97. The highest BCUT2D eigenvalue weighted by Gasteiger charge is 2.22. The van der Waals surface area contributed by atoms with E-state index in [1.54, 1.807) is 4.88 Å². The zero-order valence-electron chi connectivity index (χ0n) is 11.3. The molecule has 0 spiro atoms. The Labute approximate surface area is 114 Å². The molecule has 3 N–H and O–H groups in total. The lowest BCUT2D eigenvalue weighted by molar-refractivity contribution is 0.241. The van der Waals surface area contributed by atoms with E-state index in [1.165, 1.54) is 18.5 Å². The summed E-state index contributed by atoms with van der Waals surface area (Å²) in [6.07, 6.45) is 3.31. The van der Waals surface area contributed by atoms with E-state index in [2.05, 4.69) is 30.2 Å². The Balaban J connectivity index is 1.78. The van der Waals surface area contributed by atoms with Crippen LogP contribution in [0.5, 0.6) is 0 Å². The maximum atomic E-state index is 7.56. The van der Waals surface area contributed by atoms with Gasteiger partial charge in [-0.15, -0.1) is 11.3 Å². The first kappa shape index (κ1) is 13.6.